The van der Waals surface area contributed by atoms with Crippen LogP contribution in [0, 0.1) is 0 Å². The van der Waals surface area contributed by atoms with Gasteiger partial charge in [0.05, 0.1) is 18.4 Å². The minimum absolute atomic E-state index is 0.0207. The number of ether oxygens (including phenoxy) is 1. The van der Waals surface area contributed by atoms with Crippen LogP contribution in [0.1, 0.15) is 17.3 Å². The molecule has 0 N–H and O–H groups in total. The van der Waals surface area contributed by atoms with Crippen LogP contribution in [-0.2, 0) is 9.53 Å². The van der Waals surface area contributed by atoms with Crippen LogP contribution >= 0.6 is 0 Å². The molecule has 2 rings (SSSR count). The topological polar surface area (TPSA) is 63.0 Å². The number of rotatable bonds is 5. The van der Waals surface area contributed by atoms with E-state index >= 15 is 0 Å². The number of esters is 1. The number of piperazine rings is 1. The molecule has 1 aromatic heterocycles. The molecule has 0 aliphatic carbocycles. The zero-order chi connectivity index (χ0) is 15.2. The second kappa shape index (κ2) is 7.08. The highest BCUT2D eigenvalue weighted by Crippen LogP contribution is 2.10. The first-order valence-electron chi connectivity index (χ1n) is 7.00. The predicted molar refractivity (Wildman–Crippen MR) is 76.8 cm³/mol. The van der Waals surface area contributed by atoms with Gasteiger partial charge >= 0.3 is 5.97 Å². The van der Waals surface area contributed by atoms with Gasteiger partial charge in [0.1, 0.15) is 6.26 Å². The van der Waals surface area contributed by atoms with Crippen molar-refractivity contribution in [3.05, 3.63) is 36.3 Å². The van der Waals surface area contributed by atoms with Crippen molar-refractivity contribution in [2.45, 2.75) is 6.92 Å². The zero-order valence-corrected chi connectivity index (χ0v) is 12.2. The van der Waals surface area contributed by atoms with E-state index in [4.69, 9.17) is 9.15 Å². The van der Waals surface area contributed by atoms with Crippen molar-refractivity contribution in [2.75, 3.05) is 39.3 Å². The number of furan rings is 1. The van der Waals surface area contributed by atoms with E-state index in [9.17, 15) is 9.59 Å². The van der Waals surface area contributed by atoms with Crippen LogP contribution in [0.5, 0.6) is 0 Å². The van der Waals surface area contributed by atoms with Gasteiger partial charge in [-0.1, -0.05) is 6.58 Å². The van der Waals surface area contributed by atoms with Crippen molar-refractivity contribution in [1.29, 1.82) is 0 Å². The summed E-state index contributed by atoms with van der Waals surface area (Å²) < 4.78 is 9.84. The smallest absolute Gasteiger partial charge is 0.334 e. The van der Waals surface area contributed by atoms with Gasteiger partial charge in [-0.05, 0) is 13.0 Å². The number of carbonyl (C=O) groups excluding carboxylic acids is 2. The Hall–Kier alpha value is -2.08. The molecule has 0 aromatic carbocycles. The first-order valence-corrected chi connectivity index (χ1v) is 7.00. The summed E-state index contributed by atoms with van der Waals surface area (Å²) in [7, 11) is 0. The molecular formula is C15H20N2O4. The lowest BCUT2D eigenvalue weighted by atomic mass is 10.2. The van der Waals surface area contributed by atoms with E-state index in [1.54, 1.807) is 17.9 Å². The van der Waals surface area contributed by atoms with Crippen LogP contribution in [0.4, 0.5) is 0 Å². The van der Waals surface area contributed by atoms with Crippen molar-refractivity contribution < 1.29 is 18.7 Å². The van der Waals surface area contributed by atoms with Gasteiger partial charge in [-0.2, -0.15) is 0 Å². The summed E-state index contributed by atoms with van der Waals surface area (Å²) in [4.78, 5) is 27.5. The molecule has 0 atom stereocenters. The fourth-order valence-electron chi connectivity index (χ4n) is 2.25. The van der Waals surface area contributed by atoms with E-state index in [-0.39, 0.29) is 11.9 Å². The van der Waals surface area contributed by atoms with Gasteiger partial charge in [0.15, 0.2) is 0 Å². The third-order valence-electron chi connectivity index (χ3n) is 3.41. The van der Waals surface area contributed by atoms with E-state index in [0.29, 0.717) is 50.5 Å². The first-order chi connectivity index (χ1) is 10.1. The van der Waals surface area contributed by atoms with E-state index < -0.39 is 0 Å². The molecule has 1 aliphatic rings. The summed E-state index contributed by atoms with van der Waals surface area (Å²) in [6.45, 7) is 9.02. The van der Waals surface area contributed by atoms with Gasteiger partial charge < -0.3 is 14.1 Å². The van der Waals surface area contributed by atoms with Crippen LogP contribution in [0.3, 0.4) is 0 Å². The standard InChI is InChI=1S/C15H20N2O4/c1-3-21-15(19)12(2)10-16-5-7-17(8-6-16)14(18)13-4-9-20-11-13/h4,9,11H,2-3,5-8,10H2,1H3. The highest BCUT2D eigenvalue weighted by molar-refractivity contribution is 5.93. The SMILES string of the molecule is C=C(CN1CCN(C(=O)c2ccoc2)CC1)C(=O)OCC. The highest BCUT2D eigenvalue weighted by atomic mass is 16.5. The Bertz CT molecular complexity index is 502. The average Bonchev–Trinajstić information content (AvgIpc) is 3.01. The van der Waals surface area contributed by atoms with E-state index in [1.165, 1.54) is 12.5 Å². The van der Waals surface area contributed by atoms with Crippen LogP contribution in [0.15, 0.2) is 35.2 Å². The molecule has 1 aromatic rings. The van der Waals surface area contributed by atoms with Crippen LogP contribution in [-0.4, -0.2) is 61.0 Å². The normalized spacial score (nSPS) is 15.8. The Morgan fingerprint density at radius 3 is 2.62 bits per heavy atom. The van der Waals surface area contributed by atoms with Crippen LogP contribution in [0.25, 0.3) is 0 Å². The molecular weight excluding hydrogens is 272 g/mol. The Balaban J connectivity index is 1.79. The maximum Gasteiger partial charge on any atom is 0.334 e. The van der Waals surface area contributed by atoms with Crippen LogP contribution < -0.4 is 0 Å². The maximum atomic E-state index is 12.1. The van der Waals surface area contributed by atoms with Gasteiger partial charge in [-0.15, -0.1) is 0 Å². The molecule has 1 fully saturated rings. The van der Waals surface area contributed by atoms with Gasteiger partial charge in [0.25, 0.3) is 5.91 Å². The molecule has 6 nitrogen and oxygen atoms in total. The van der Waals surface area contributed by atoms with Gasteiger partial charge in [-0.3, -0.25) is 9.69 Å². The Morgan fingerprint density at radius 1 is 1.33 bits per heavy atom. The lowest BCUT2D eigenvalue weighted by molar-refractivity contribution is -0.138. The van der Waals surface area contributed by atoms with Gasteiger partial charge in [0, 0.05) is 38.3 Å². The molecule has 0 bridgehead atoms. The van der Waals surface area contributed by atoms with Gasteiger partial charge in [-0.25, -0.2) is 4.79 Å². The molecule has 1 saturated heterocycles. The van der Waals surface area contributed by atoms with Crippen LogP contribution in [0.2, 0.25) is 0 Å². The average molecular weight is 292 g/mol. The molecule has 0 unspecified atom stereocenters. The predicted octanol–water partition coefficient (Wildman–Crippen LogP) is 1.16. The highest BCUT2D eigenvalue weighted by Gasteiger charge is 2.23. The molecule has 0 saturated carbocycles. The summed E-state index contributed by atoms with van der Waals surface area (Å²) in [5.74, 6) is -0.373. The van der Waals surface area contributed by atoms with E-state index in [2.05, 4.69) is 11.5 Å². The van der Waals surface area contributed by atoms with Crippen molar-refractivity contribution >= 4 is 11.9 Å². The Labute approximate surface area is 124 Å². The van der Waals surface area contributed by atoms with Crippen molar-refractivity contribution in [3.63, 3.8) is 0 Å². The third-order valence-corrected chi connectivity index (χ3v) is 3.41. The molecule has 21 heavy (non-hydrogen) atoms. The Morgan fingerprint density at radius 2 is 2.05 bits per heavy atom. The minimum Gasteiger partial charge on any atom is -0.472 e. The largest absolute Gasteiger partial charge is 0.472 e. The minimum atomic E-state index is -0.352. The van der Waals surface area contributed by atoms with E-state index in [0.717, 1.165) is 0 Å². The lowest BCUT2D eigenvalue weighted by Crippen LogP contribution is -2.49. The lowest BCUT2D eigenvalue weighted by Gasteiger charge is -2.34. The molecule has 0 radical (unpaired) electrons. The summed E-state index contributed by atoms with van der Waals surface area (Å²) in [6, 6.07) is 1.66. The number of hydrogen-bond acceptors (Lipinski definition) is 5. The molecule has 114 valence electrons. The summed E-state index contributed by atoms with van der Waals surface area (Å²) in [6.07, 6.45) is 2.95. The number of amides is 1. The monoisotopic (exact) mass is 292 g/mol. The van der Waals surface area contributed by atoms with Crippen molar-refractivity contribution in [2.24, 2.45) is 0 Å². The second-order valence-electron chi connectivity index (χ2n) is 4.90. The second-order valence-corrected chi connectivity index (χ2v) is 4.90. The third kappa shape index (κ3) is 3.95. The molecule has 1 amide bonds. The van der Waals surface area contributed by atoms with Gasteiger partial charge in [0.2, 0.25) is 0 Å². The maximum absolute atomic E-state index is 12.1. The summed E-state index contributed by atoms with van der Waals surface area (Å²) >= 11 is 0. The zero-order valence-electron chi connectivity index (χ0n) is 12.2. The summed E-state index contributed by atoms with van der Waals surface area (Å²) in [5, 5.41) is 0. The quantitative estimate of drug-likeness (QED) is 0.602. The van der Waals surface area contributed by atoms with Crippen molar-refractivity contribution in [3.8, 4) is 0 Å². The fraction of sp³-hybridized carbons (Fsp3) is 0.467. The van der Waals surface area contributed by atoms with Crippen molar-refractivity contribution in [1.82, 2.24) is 9.80 Å². The first kappa shape index (κ1) is 15.3. The molecule has 0 spiro atoms. The number of hydrogen-bond donors (Lipinski definition) is 0. The summed E-state index contributed by atoms with van der Waals surface area (Å²) in [5.41, 5.74) is 1.02. The molecule has 1 aliphatic heterocycles. The molecule has 6 heteroatoms. The fourth-order valence-corrected chi connectivity index (χ4v) is 2.25. The van der Waals surface area contributed by atoms with E-state index in [1.807, 2.05) is 0 Å². The number of nitrogens with zero attached hydrogens (tertiary/aromatic N) is 2. The molecule has 2 heterocycles. The number of carbonyl (C=O) groups is 2. The Kier molecular flexibility index (Phi) is 5.16.